The highest BCUT2D eigenvalue weighted by Gasteiger charge is 2.39. The van der Waals surface area contributed by atoms with Crippen LogP contribution in [0.5, 0.6) is 0 Å². The van der Waals surface area contributed by atoms with E-state index in [0.717, 1.165) is 4.31 Å². The first-order chi connectivity index (χ1) is 9.80. The Hall–Kier alpha value is -1.61. The number of nitrogens with one attached hydrogen (secondary N) is 1. The van der Waals surface area contributed by atoms with Crippen molar-refractivity contribution in [2.45, 2.75) is 11.0 Å². The zero-order valence-electron chi connectivity index (χ0n) is 10.7. The van der Waals surface area contributed by atoms with Gasteiger partial charge in [-0.15, -0.1) is 0 Å². The molecule has 0 aliphatic carbocycles. The van der Waals surface area contributed by atoms with Crippen molar-refractivity contribution in [1.29, 1.82) is 0 Å². The number of primary amides is 1. The van der Waals surface area contributed by atoms with E-state index in [0.29, 0.717) is 15.9 Å². The second-order valence-electron chi connectivity index (χ2n) is 4.86. The molecule has 1 aliphatic heterocycles. The lowest BCUT2D eigenvalue weighted by molar-refractivity contribution is 0.0548. The molecule has 2 aromatic rings. The number of fused-ring (bicyclic) bond motifs is 1. The Morgan fingerprint density at radius 3 is 2.67 bits per heavy atom. The summed E-state index contributed by atoms with van der Waals surface area (Å²) >= 11 is 5.90. The van der Waals surface area contributed by atoms with Gasteiger partial charge in [0.05, 0.1) is 6.10 Å². The number of nitrogens with zero attached hydrogens (tertiary/aromatic N) is 1. The topological polar surface area (TPSA) is 116 Å². The Labute approximate surface area is 125 Å². The molecular weight excluding hydrogens is 318 g/mol. The fraction of sp³-hybridized carbons (Fsp3) is 0.250. The maximum Gasteiger partial charge on any atom is 0.266 e. The number of halogens is 1. The van der Waals surface area contributed by atoms with Gasteiger partial charge in [0.1, 0.15) is 10.6 Å². The van der Waals surface area contributed by atoms with Crippen molar-refractivity contribution < 1.29 is 18.3 Å². The third-order valence-electron chi connectivity index (χ3n) is 3.39. The predicted octanol–water partition coefficient (Wildman–Crippen LogP) is 0.285. The Morgan fingerprint density at radius 2 is 2.10 bits per heavy atom. The highest BCUT2D eigenvalue weighted by Crippen LogP contribution is 2.33. The van der Waals surface area contributed by atoms with Crippen LogP contribution in [0.15, 0.2) is 23.1 Å². The van der Waals surface area contributed by atoms with Gasteiger partial charge in [0.15, 0.2) is 0 Å². The molecule has 3 rings (SSSR count). The number of hydrogen-bond acceptors (Lipinski definition) is 4. The fourth-order valence-corrected chi connectivity index (χ4v) is 4.35. The van der Waals surface area contributed by atoms with Crippen LogP contribution in [0.3, 0.4) is 0 Å². The summed E-state index contributed by atoms with van der Waals surface area (Å²) in [5.41, 5.74) is 5.53. The highest BCUT2D eigenvalue weighted by molar-refractivity contribution is 7.89. The van der Waals surface area contributed by atoms with Crippen LogP contribution >= 0.6 is 11.6 Å². The Bertz CT molecular complexity index is 840. The number of β-amino-alcohol motifs (C(OH)–C–C–N with tert-alkyl or cyclic N) is 1. The number of H-pyrrole nitrogens is 1. The fourth-order valence-electron chi connectivity index (χ4n) is 2.32. The molecule has 0 spiro atoms. The van der Waals surface area contributed by atoms with Crippen LogP contribution in [0.25, 0.3) is 10.9 Å². The average molecular weight is 330 g/mol. The molecule has 0 atom stereocenters. The van der Waals surface area contributed by atoms with Gasteiger partial charge in [-0.3, -0.25) is 4.79 Å². The molecule has 1 saturated heterocycles. The molecule has 0 bridgehead atoms. The standard InChI is InChI=1S/C12H12ClN3O4S/c13-6-1-2-9-8(3-6)11(10(15-9)12(14)18)21(19,20)16-4-7(17)5-16/h1-3,7,15,17H,4-5H2,(H2,14,18). The molecule has 4 N–H and O–H groups in total. The minimum Gasteiger partial charge on any atom is -0.390 e. The first-order valence-electron chi connectivity index (χ1n) is 6.10. The molecule has 1 fully saturated rings. The Morgan fingerprint density at radius 1 is 1.43 bits per heavy atom. The summed E-state index contributed by atoms with van der Waals surface area (Å²) < 4.78 is 26.3. The van der Waals surface area contributed by atoms with Crippen molar-refractivity contribution in [3.8, 4) is 0 Å². The van der Waals surface area contributed by atoms with Crippen LogP contribution in [0, 0.1) is 0 Å². The van der Waals surface area contributed by atoms with Crippen molar-refractivity contribution in [3.05, 3.63) is 28.9 Å². The lowest BCUT2D eigenvalue weighted by Gasteiger charge is -2.34. The van der Waals surface area contributed by atoms with Gasteiger partial charge in [0.2, 0.25) is 10.0 Å². The van der Waals surface area contributed by atoms with E-state index in [2.05, 4.69) is 4.98 Å². The molecule has 0 saturated carbocycles. The summed E-state index contributed by atoms with van der Waals surface area (Å²) in [6, 6.07) is 4.62. The van der Waals surface area contributed by atoms with Crippen molar-refractivity contribution in [3.63, 3.8) is 0 Å². The van der Waals surface area contributed by atoms with Crippen LogP contribution in [-0.2, 0) is 10.0 Å². The Kier molecular flexibility index (Phi) is 3.21. The average Bonchev–Trinajstić information content (AvgIpc) is 2.74. The number of aliphatic hydroxyl groups is 1. The SMILES string of the molecule is NC(=O)c1[nH]c2ccc(Cl)cc2c1S(=O)(=O)N1CC(O)C1. The van der Waals surface area contributed by atoms with Gasteiger partial charge in [-0.2, -0.15) is 4.31 Å². The van der Waals surface area contributed by atoms with Gasteiger partial charge < -0.3 is 15.8 Å². The number of carbonyl (C=O) groups is 1. The molecule has 0 radical (unpaired) electrons. The van der Waals surface area contributed by atoms with Gasteiger partial charge in [-0.1, -0.05) is 11.6 Å². The smallest absolute Gasteiger partial charge is 0.266 e. The van der Waals surface area contributed by atoms with E-state index >= 15 is 0 Å². The molecule has 1 amide bonds. The number of benzene rings is 1. The quantitative estimate of drug-likeness (QED) is 0.750. The minimum absolute atomic E-state index is 0.00618. The summed E-state index contributed by atoms with van der Waals surface area (Å²) in [5, 5.41) is 9.94. The third-order valence-corrected chi connectivity index (χ3v) is 5.54. The molecule has 2 heterocycles. The number of sulfonamides is 1. The molecular formula is C12H12ClN3O4S. The van der Waals surface area contributed by atoms with Crippen LogP contribution in [-0.4, -0.2) is 47.9 Å². The molecule has 21 heavy (non-hydrogen) atoms. The maximum atomic E-state index is 12.6. The van der Waals surface area contributed by atoms with Crippen molar-refractivity contribution in [2.75, 3.05) is 13.1 Å². The normalized spacial score (nSPS) is 17.0. The second-order valence-corrected chi connectivity index (χ2v) is 7.17. The lowest BCUT2D eigenvalue weighted by atomic mass is 10.2. The van der Waals surface area contributed by atoms with E-state index in [-0.39, 0.29) is 23.7 Å². The highest BCUT2D eigenvalue weighted by atomic mass is 35.5. The number of carbonyl (C=O) groups excluding carboxylic acids is 1. The molecule has 112 valence electrons. The first kappa shape index (κ1) is 14.3. The van der Waals surface area contributed by atoms with Gasteiger partial charge in [0, 0.05) is 29.0 Å². The van der Waals surface area contributed by atoms with Crippen LogP contribution in [0.1, 0.15) is 10.5 Å². The molecule has 1 aliphatic rings. The number of nitrogens with two attached hydrogens (primary N) is 1. The largest absolute Gasteiger partial charge is 0.390 e. The van der Waals surface area contributed by atoms with Gasteiger partial charge in [-0.05, 0) is 18.2 Å². The van der Waals surface area contributed by atoms with Crippen LogP contribution in [0.2, 0.25) is 5.02 Å². The predicted molar refractivity (Wildman–Crippen MR) is 76.6 cm³/mol. The van der Waals surface area contributed by atoms with Crippen molar-refractivity contribution in [1.82, 2.24) is 9.29 Å². The van der Waals surface area contributed by atoms with Gasteiger partial charge in [0.25, 0.3) is 5.91 Å². The van der Waals surface area contributed by atoms with Gasteiger partial charge in [-0.25, -0.2) is 8.42 Å². The van der Waals surface area contributed by atoms with Gasteiger partial charge >= 0.3 is 0 Å². The van der Waals surface area contributed by atoms with E-state index in [9.17, 15) is 18.3 Å². The zero-order chi connectivity index (χ0) is 15.4. The maximum absolute atomic E-state index is 12.6. The number of aromatic nitrogens is 1. The zero-order valence-corrected chi connectivity index (χ0v) is 12.3. The summed E-state index contributed by atoms with van der Waals surface area (Å²) in [5.74, 6) is -0.873. The molecule has 7 nitrogen and oxygen atoms in total. The van der Waals surface area contributed by atoms with Crippen LogP contribution in [0.4, 0.5) is 0 Å². The summed E-state index contributed by atoms with van der Waals surface area (Å²) in [6.07, 6.45) is -0.689. The number of aromatic amines is 1. The van der Waals surface area contributed by atoms with E-state index < -0.39 is 22.0 Å². The van der Waals surface area contributed by atoms with Crippen LogP contribution < -0.4 is 5.73 Å². The summed E-state index contributed by atoms with van der Waals surface area (Å²) in [7, 11) is -3.93. The molecule has 0 unspecified atom stereocenters. The molecule has 1 aromatic heterocycles. The number of rotatable bonds is 3. The summed E-state index contributed by atoms with van der Waals surface area (Å²) in [6.45, 7) is -0.0124. The lowest BCUT2D eigenvalue weighted by Crippen LogP contribution is -2.53. The Balaban J connectivity index is 2.27. The molecule has 1 aromatic carbocycles. The van der Waals surface area contributed by atoms with E-state index in [4.69, 9.17) is 17.3 Å². The number of hydrogen-bond donors (Lipinski definition) is 3. The number of aliphatic hydroxyl groups excluding tert-OH is 1. The first-order valence-corrected chi connectivity index (χ1v) is 7.92. The summed E-state index contributed by atoms with van der Waals surface area (Å²) in [4.78, 5) is 14.1. The minimum atomic E-state index is -3.93. The monoisotopic (exact) mass is 329 g/mol. The van der Waals surface area contributed by atoms with E-state index in [1.807, 2.05) is 0 Å². The van der Waals surface area contributed by atoms with E-state index in [1.54, 1.807) is 12.1 Å². The van der Waals surface area contributed by atoms with E-state index in [1.165, 1.54) is 6.07 Å². The van der Waals surface area contributed by atoms with Crippen molar-refractivity contribution in [2.24, 2.45) is 5.73 Å². The third kappa shape index (κ3) is 2.20. The van der Waals surface area contributed by atoms with Crippen molar-refractivity contribution >= 4 is 38.4 Å². The molecule has 9 heteroatoms. The number of amides is 1. The second kappa shape index (κ2) is 4.70.